The summed E-state index contributed by atoms with van der Waals surface area (Å²) >= 11 is 0. The minimum Gasteiger partial charge on any atom is -0.455 e. The van der Waals surface area contributed by atoms with Gasteiger partial charge in [0, 0.05) is 23.7 Å². The van der Waals surface area contributed by atoms with Crippen LogP contribution in [0.25, 0.3) is 0 Å². The first-order chi connectivity index (χ1) is 14.3. The van der Waals surface area contributed by atoms with E-state index in [0.717, 1.165) is 32.1 Å². The van der Waals surface area contributed by atoms with Gasteiger partial charge in [0.15, 0.2) is 16.4 Å². The zero-order valence-electron chi connectivity index (χ0n) is 16.7. The third-order valence-corrected chi connectivity index (χ3v) is 7.49. The molecule has 1 amide bonds. The van der Waals surface area contributed by atoms with Gasteiger partial charge in [-0.25, -0.2) is 8.42 Å². The van der Waals surface area contributed by atoms with E-state index in [-0.39, 0.29) is 41.3 Å². The average molecular weight is 439 g/mol. The monoisotopic (exact) mass is 438 g/mol. The number of rotatable bonds is 7. The second kappa shape index (κ2) is 9.55. The Balaban J connectivity index is 1.64. The lowest BCUT2D eigenvalue weighted by molar-refractivity contribution is -0.385. The summed E-state index contributed by atoms with van der Waals surface area (Å²) < 4.78 is 29.0. The molecule has 2 fully saturated rings. The lowest BCUT2D eigenvalue weighted by Gasteiger charge is -2.38. The van der Waals surface area contributed by atoms with Crippen molar-refractivity contribution in [3.63, 3.8) is 0 Å². The lowest BCUT2D eigenvalue weighted by atomic mass is 9.93. The Morgan fingerprint density at radius 2 is 1.80 bits per heavy atom. The first kappa shape index (κ1) is 22.2. The summed E-state index contributed by atoms with van der Waals surface area (Å²) in [6, 6.07) is 5.44. The molecule has 0 unspecified atom stereocenters. The van der Waals surface area contributed by atoms with Gasteiger partial charge in [0.2, 0.25) is 0 Å². The van der Waals surface area contributed by atoms with E-state index in [2.05, 4.69) is 0 Å². The molecule has 1 aromatic rings. The quantitative estimate of drug-likeness (QED) is 0.362. The van der Waals surface area contributed by atoms with Crippen molar-refractivity contribution >= 4 is 27.4 Å². The molecule has 1 atom stereocenters. The zero-order valence-corrected chi connectivity index (χ0v) is 17.5. The van der Waals surface area contributed by atoms with Crippen molar-refractivity contribution in [3.8, 4) is 0 Å². The molecule has 1 aliphatic heterocycles. The van der Waals surface area contributed by atoms with Gasteiger partial charge in [0.05, 0.1) is 22.8 Å². The molecule has 2 aliphatic rings. The van der Waals surface area contributed by atoms with E-state index in [9.17, 15) is 28.1 Å². The number of hydrogen-bond acceptors (Lipinski definition) is 7. The Hall–Kier alpha value is -2.49. The number of ether oxygens (including phenoxy) is 1. The van der Waals surface area contributed by atoms with E-state index < -0.39 is 33.2 Å². The summed E-state index contributed by atoms with van der Waals surface area (Å²) in [6.45, 7) is -0.494. The van der Waals surface area contributed by atoms with Gasteiger partial charge in [-0.1, -0.05) is 37.5 Å². The van der Waals surface area contributed by atoms with E-state index in [1.54, 1.807) is 11.0 Å². The Labute approximate surface area is 175 Å². The molecule has 0 bridgehead atoms. The molecule has 1 saturated carbocycles. The topological polar surface area (TPSA) is 124 Å². The summed E-state index contributed by atoms with van der Waals surface area (Å²) in [5.74, 6) is -1.13. The summed E-state index contributed by atoms with van der Waals surface area (Å²) in [4.78, 5) is 37.3. The van der Waals surface area contributed by atoms with Crippen LogP contribution in [0.5, 0.6) is 0 Å². The molecular formula is C20H26N2O7S. The van der Waals surface area contributed by atoms with Gasteiger partial charge in [-0.15, -0.1) is 0 Å². The van der Waals surface area contributed by atoms with Crippen LogP contribution in [0.15, 0.2) is 24.3 Å². The molecule has 1 aliphatic carbocycles. The average Bonchev–Trinajstić information content (AvgIpc) is 3.07. The second-order valence-electron chi connectivity index (χ2n) is 7.87. The van der Waals surface area contributed by atoms with Crippen molar-refractivity contribution in [2.75, 3.05) is 18.1 Å². The van der Waals surface area contributed by atoms with Crippen LogP contribution in [-0.4, -0.2) is 60.3 Å². The molecule has 1 saturated heterocycles. The molecule has 3 rings (SSSR count). The number of carbonyl (C=O) groups is 2. The number of nitro benzene ring substituents is 1. The molecule has 0 spiro atoms. The first-order valence-electron chi connectivity index (χ1n) is 10.2. The third kappa shape index (κ3) is 5.56. The van der Waals surface area contributed by atoms with Crippen LogP contribution in [0.4, 0.5) is 5.69 Å². The van der Waals surface area contributed by atoms with Crippen molar-refractivity contribution in [1.82, 2.24) is 4.90 Å². The van der Waals surface area contributed by atoms with Crippen LogP contribution in [0.3, 0.4) is 0 Å². The number of nitrogens with zero attached hydrogens (tertiary/aromatic N) is 2. The molecule has 1 heterocycles. The van der Waals surface area contributed by atoms with Gasteiger partial charge < -0.3 is 9.64 Å². The summed E-state index contributed by atoms with van der Waals surface area (Å²) in [5.41, 5.74) is 0.0340. The number of para-hydroxylation sites is 1. The van der Waals surface area contributed by atoms with Crippen molar-refractivity contribution in [2.45, 2.75) is 57.0 Å². The maximum Gasteiger partial charge on any atom is 0.311 e. The molecule has 10 heteroatoms. The van der Waals surface area contributed by atoms with Gasteiger partial charge in [-0.2, -0.15) is 0 Å². The molecule has 0 radical (unpaired) electrons. The molecule has 9 nitrogen and oxygen atoms in total. The number of carbonyl (C=O) groups excluding carboxylic acids is 2. The number of amides is 1. The van der Waals surface area contributed by atoms with E-state index in [1.807, 2.05) is 0 Å². The third-order valence-electron chi connectivity index (χ3n) is 5.74. The van der Waals surface area contributed by atoms with Gasteiger partial charge in [-0.3, -0.25) is 19.7 Å². The highest BCUT2D eigenvalue weighted by Crippen LogP contribution is 2.28. The molecule has 0 N–H and O–H groups in total. The fourth-order valence-electron chi connectivity index (χ4n) is 4.32. The molecule has 1 aromatic carbocycles. The highest BCUT2D eigenvalue weighted by molar-refractivity contribution is 7.91. The smallest absolute Gasteiger partial charge is 0.311 e. The van der Waals surface area contributed by atoms with Crippen LogP contribution in [-0.2, 0) is 30.6 Å². The maximum atomic E-state index is 12.9. The van der Waals surface area contributed by atoms with E-state index in [0.29, 0.717) is 6.42 Å². The number of esters is 1. The standard InChI is InChI=1S/C20H26N2O7S/c23-19(13-29-20(24)12-15-6-4-5-9-18(15)22(25)26)21(16-7-2-1-3-8-16)17-10-11-30(27,28)14-17/h4-6,9,16-17H,1-3,7-8,10-14H2/t17-/m1/s1. The first-order valence-corrected chi connectivity index (χ1v) is 12.0. The van der Waals surface area contributed by atoms with Crippen LogP contribution in [0, 0.1) is 10.1 Å². The lowest BCUT2D eigenvalue weighted by Crippen LogP contribution is -2.50. The Morgan fingerprint density at radius 1 is 1.10 bits per heavy atom. The number of nitro groups is 1. The van der Waals surface area contributed by atoms with Crippen molar-refractivity contribution in [3.05, 3.63) is 39.9 Å². The van der Waals surface area contributed by atoms with Crippen LogP contribution < -0.4 is 0 Å². The SMILES string of the molecule is O=C(Cc1ccccc1[N+](=O)[O-])OCC(=O)N(C1CCCCC1)[C@@H]1CCS(=O)(=O)C1. The van der Waals surface area contributed by atoms with E-state index in [1.165, 1.54) is 18.2 Å². The van der Waals surface area contributed by atoms with E-state index in [4.69, 9.17) is 4.74 Å². The zero-order chi connectivity index (χ0) is 21.7. The molecule has 164 valence electrons. The molecular weight excluding hydrogens is 412 g/mol. The van der Waals surface area contributed by atoms with Crippen molar-refractivity contribution in [2.24, 2.45) is 0 Å². The van der Waals surface area contributed by atoms with Gasteiger partial charge in [-0.05, 0) is 19.3 Å². The van der Waals surface area contributed by atoms with Crippen molar-refractivity contribution < 1.29 is 27.7 Å². The second-order valence-corrected chi connectivity index (χ2v) is 10.1. The summed E-state index contributed by atoms with van der Waals surface area (Å²) in [6.07, 6.45) is 4.75. The van der Waals surface area contributed by atoms with Gasteiger partial charge in [0.25, 0.3) is 11.6 Å². The summed E-state index contributed by atoms with van der Waals surface area (Å²) in [5, 5.41) is 11.1. The maximum absolute atomic E-state index is 12.9. The predicted molar refractivity (Wildman–Crippen MR) is 109 cm³/mol. The van der Waals surface area contributed by atoms with Crippen LogP contribution in [0.1, 0.15) is 44.1 Å². The van der Waals surface area contributed by atoms with Crippen molar-refractivity contribution in [1.29, 1.82) is 0 Å². The highest BCUT2D eigenvalue weighted by Gasteiger charge is 2.38. The Kier molecular flexibility index (Phi) is 7.06. The Morgan fingerprint density at radius 3 is 2.43 bits per heavy atom. The largest absolute Gasteiger partial charge is 0.455 e. The minimum absolute atomic E-state index is 0.0431. The number of sulfone groups is 1. The van der Waals surface area contributed by atoms with Crippen LogP contribution >= 0.6 is 0 Å². The Bertz CT molecular complexity index is 909. The number of benzene rings is 1. The van der Waals surface area contributed by atoms with E-state index >= 15 is 0 Å². The molecule has 0 aromatic heterocycles. The molecule has 30 heavy (non-hydrogen) atoms. The van der Waals surface area contributed by atoms with Crippen LogP contribution in [0.2, 0.25) is 0 Å². The fourth-order valence-corrected chi connectivity index (χ4v) is 6.03. The normalized spacial score (nSPS) is 21.1. The number of hydrogen-bond donors (Lipinski definition) is 0. The van der Waals surface area contributed by atoms with Gasteiger partial charge >= 0.3 is 5.97 Å². The minimum atomic E-state index is -3.16. The fraction of sp³-hybridized carbons (Fsp3) is 0.600. The summed E-state index contributed by atoms with van der Waals surface area (Å²) in [7, 11) is -3.16. The predicted octanol–water partition coefficient (Wildman–Crippen LogP) is 2.03. The highest BCUT2D eigenvalue weighted by atomic mass is 32.2. The van der Waals surface area contributed by atoms with Gasteiger partial charge in [0.1, 0.15) is 0 Å².